The fourth-order valence-electron chi connectivity index (χ4n) is 1.62. The van der Waals surface area contributed by atoms with E-state index in [9.17, 15) is 0 Å². The van der Waals surface area contributed by atoms with Crippen molar-refractivity contribution in [2.45, 2.75) is 23.8 Å². The Hall–Kier alpha value is -1.88. The van der Waals surface area contributed by atoms with Crippen molar-refractivity contribution in [1.82, 2.24) is 4.98 Å². The van der Waals surface area contributed by atoms with E-state index in [4.69, 9.17) is 15.2 Å². The molecule has 0 aliphatic carbocycles. The lowest BCUT2D eigenvalue weighted by Crippen LogP contribution is -2.07. The van der Waals surface area contributed by atoms with Gasteiger partial charge in [-0.05, 0) is 42.3 Å². The summed E-state index contributed by atoms with van der Waals surface area (Å²) in [4.78, 5) is 5.55. The van der Waals surface area contributed by atoms with E-state index < -0.39 is 0 Å². The number of rotatable bonds is 6. The van der Waals surface area contributed by atoms with Crippen LogP contribution in [0.15, 0.2) is 46.3 Å². The molecular weight excluding hydrogens is 284 g/mol. The molecule has 0 fully saturated rings. The van der Waals surface area contributed by atoms with Crippen LogP contribution >= 0.6 is 11.8 Å². The molecule has 1 aromatic heterocycles. The SMILES string of the molecule is COc1ccc(Sc2ccc(N)c(OCC(C)C)n2)cc1. The van der Waals surface area contributed by atoms with Crippen LogP contribution in [0.5, 0.6) is 11.6 Å². The maximum atomic E-state index is 5.89. The second-order valence-electron chi connectivity index (χ2n) is 5.03. The summed E-state index contributed by atoms with van der Waals surface area (Å²) >= 11 is 1.56. The second-order valence-corrected chi connectivity index (χ2v) is 6.12. The van der Waals surface area contributed by atoms with Gasteiger partial charge in [-0.15, -0.1) is 0 Å². The Kier molecular flexibility index (Phi) is 5.33. The molecule has 0 bridgehead atoms. The van der Waals surface area contributed by atoms with E-state index in [0.29, 0.717) is 24.1 Å². The first-order chi connectivity index (χ1) is 10.1. The van der Waals surface area contributed by atoms with Crippen molar-refractivity contribution >= 4 is 17.4 Å². The van der Waals surface area contributed by atoms with Crippen LogP contribution in [0.1, 0.15) is 13.8 Å². The third kappa shape index (κ3) is 4.56. The Labute approximate surface area is 129 Å². The van der Waals surface area contributed by atoms with Crippen molar-refractivity contribution in [1.29, 1.82) is 0 Å². The summed E-state index contributed by atoms with van der Waals surface area (Å²) in [5, 5.41) is 0.855. The molecule has 0 unspecified atom stereocenters. The molecular formula is C16H20N2O2S. The minimum atomic E-state index is 0.434. The highest BCUT2D eigenvalue weighted by Crippen LogP contribution is 2.30. The number of benzene rings is 1. The van der Waals surface area contributed by atoms with Crippen LogP contribution in [-0.2, 0) is 0 Å². The predicted molar refractivity (Wildman–Crippen MR) is 86.1 cm³/mol. The Morgan fingerprint density at radius 1 is 1.14 bits per heavy atom. The molecule has 21 heavy (non-hydrogen) atoms. The first kappa shape index (κ1) is 15.5. The van der Waals surface area contributed by atoms with Gasteiger partial charge < -0.3 is 15.2 Å². The van der Waals surface area contributed by atoms with Gasteiger partial charge in [-0.3, -0.25) is 0 Å². The molecule has 0 amide bonds. The highest BCUT2D eigenvalue weighted by Gasteiger charge is 2.07. The zero-order valence-electron chi connectivity index (χ0n) is 12.5. The van der Waals surface area contributed by atoms with E-state index in [1.807, 2.05) is 36.4 Å². The van der Waals surface area contributed by atoms with Gasteiger partial charge in [0.15, 0.2) is 0 Å². The van der Waals surface area contributed by atoms with Crippen LogP contribution in [0, 0.1) is 5.92 Å². The molecule has 0 aliphatic heterocycles. The summed E-state index contributed by atoms with van der Waals surface area (Å²) in [6.07, 6.45) is 0. The van der Waals surface area contributed by atoms with E-state index >= 15 is 0 Å². The summed E-state index contributed by atoms with van der Waals surface area (Å²) in [5.74, 6) is 1.77. The number of ether oxygens (including phenoxy) is 2. The van der Waals surface area contributed by atoms with Crippen molar-refractivity contribution in [2.75, 3.05) is 19.5 Å². The number of nitrogens with two attached hydrogens (primary N) is 1. The third-order valence-corrected chi connectivity index (χ3v) is 3.64. The molecule has 0 saturated carbocycles. The van der Waals surface area contributed by atoms with Gasteiger partial charge in [0.05, 0.1) is 19.4 Å². The summed E-state index contributed by atoms with van der Waals surface area (Å²) in [5.41, 5.74) is 6.46. The number of hydrogen-bond acceptors (Lipinski definition) is 5. The molecule has 2 N–H and O–H groups in total. The molecule has 0 saturated heterocycles. The van der Waals surface area contributed by atoms with E-state index in [0.717, 1.165) is 15.7 Å². The van der Waals surface area contributed by atoms with Crippen LogP contribution in [-0.4, -0.2) is 18.7 Å². The van der Waals surface area contributed by atoms with Crippen molar-refractivity contribution in [3.05, 3.63) is 36.4 Å². The number of nitrogen functional groups attached to an aromatic ring is 1. The summed E-state index contributed by atoms with van der Waals surface area (Å²) < 4.78 is 10.8. The average Bonchev–Trinajstić information content (AvgIpc) is 2.48. The average molecular weight is 304 g/mol. The smallest absolute Gasteiger partial charge is 0.238 e. The zero-order valence-corrected chi connectivity index (χ0v) is 13.3. The maximum absolute atomic E-state index is 5.89. The molecule has 0 aliphatic rings. The summed E-state index contributed by atoms with van der Waals surface area (Å²) in [7, 11) is 1.65. The van der Waals surface area contributed by atoms with Crippen molar-refractivity contribution < 1.29 is 9.47 Å². The van der Waals surface area contributed by atoms with Crippen LogP contribution < -0.4 is 15.2 Å². The van der Waals surface area contributed by atoms with Gasteiger partial charge in [0.2, 0.25) is 5.88 Å². The van der Waals surface area contributed by atoms with Crippen molar-refractivity contribution in [3.63, 3.8) is 0 Å². The van der Waals surface area contributed by atoms with Crippen LogP contribution in [0.2, 0.25) is 0 Å². The quantitative estimate of drug-likeness (QED) is 0.878. The minimum Gasteiger partial charge on any atom is -0.497 e. The van der Waals surface area contributed by atoms with Crippen LogP contribution in [0.4, 0.5) is 5.69 Å². The molecule has 4 nitrogen and oxygen atoms in total. The lowest BCUT2D eigenvalue weighted by atomic mass is 10.2. The maximum Gasteiger partial charge on any atom is 0.238 e. The highest BCUT2D eigenvalue weighted by molar-refractivity contribution is 7.99. The van der Waals surface area contributed by atoms with Gasteiger partial charge >= 0.3 is 0 Å². The first-order valence-electron chi connectivity index (χ1n) is 6.79. The molecule has 1 heterocycles. The van der Waals surface area contributed by atoms with Crippen LogP contribution in [0.25, 0.3) is 0 Å². The van der Waals surface area contributed by atoms with Crippen molar-refractivity contribution in [3.8, 4) is 11.6 Å². The summed E-state index contributed by atoms with van der Waals surface area (Å²) in [6.45, 7) is 4.78. The zero-order chi connectivity index (χ0) is 15.2. The molecule has 0 atom stereocenters. The molecule has 2 rings (SSSR count). The molecule has 1 aromatic carbocycles. The minimum absolute atomic E-state index is 0.434. The standard InChI is InChI=1S/C16H20N2O2S/c1-11(2)10-20-16-14(17)8-9-15(18-16)21-13-6-4-12(19-3)5-7-13/h4-9,11H,10,17H2,1-3H3. The molecule has 112 valence electrons. The van der Waals surface area contributed by atoms with Gasteiger partial charge in [0.1, 0.15) is 10.8 Å². The second kappa shape index (κ2) is 7.22. The van der Waals surface area contributed by atoms with E-state index in [2.05, 4.69) is 18.8 Å². The number of pyridine rings is 1. The first-order valence-corrected chi connectivity index (χ1v) is 7.61. The van der Waals surface area contributed by atoms with Gasteiger partial charge in [0.25, 0.3) is 0 Å². The Bertz CT molecular complexity index is 585. The number of methoxy groups -OCH3 is 1. The number of anilines is 1. The molecule has 5 heteroatoms. The normalized spacial score (nSPS) is 10.7. The third-order valence-electron chi connectivity index (χ3n) is 2.70. The van der Waals surface area contributed by atoms with Crippen LogP contribution in [0.3, 0.4) is 0 Å². The largest absolute Gasteiger partial charge is 0.497 e. The molecule has 0 spiro atoms. The van der Waals surface area contributed by atoms with Crippen molar-refractivity contribution in [2.24, 2.45) is 5.92 Å². The predicted octanol–water partition coefficient (Wildman–Crippen LogP) is 3.86. The van der Waals surface area contributed by atoms with Gasteiger partial charge in [0, 0.05) is 4.90 Å². The summed E-state index contributed by atoms with van der Waals surface area (Å²) in [6, 6.07) is 11.6. The van der Waals surface area contributed by atoms with Gasteiger partial charge in [-0.1, -0.05) is 25.6 Å². The van der Waals surface area contributed by atoms with Gasteiger partial charge in [-0.2, -0.15) is 0 Å². The number of nitrogens with zero attached hydrogens (tertiary/aromatic N) is 1. The fraction of sp³-hybridized carbons (Fsp3) is 0.312. The Morgan fingerprint density at radius 3 is 2.48 bits per heavy atom. The Balaban J connectivity index is 2.10. The van der Waals surface area contributed by atoms with E-state index in [1.54, 1.807) is 18.9 Å². The number of hydrogen-bond donors (Lipinski definition) is 1. The molecule has 2 aromatic rings. The van der Waals surface area contributed by atoms with Gasteiger partial charge in [-0.25, -0.2) is 4.98 Å². The topological polar surface area (TPSA) is 57.4 Å². The fourth-order valence-corrected chi connectivity index (χ4v) is 2.40. The monoisotopic (exact) mass is 304 g/mol. The van der Waals surface area contributed by atoms with E-state index in [-0.39, 0.29) is 0 Å². The number of aromatic nitrogens is 1. The lowest BCUT2D eigenvalue weighted by molar-refractivity contribution is 0.261. The lowest BCUT2D eigenvalue weighted by Gasteiger charge is -2.11. The Morgan fingerprint density at radius 2 is 1.86 bits per heavy atom. The highest BCUT2D eigenvalue weighted by atomic mass is 32.2. The molecule has 0 radical (unpaired) electrons. The van der Waals surface area contributed by atoms with E-state index in [1.165, 1.54) is 0 Å².